The number of thiophene rings is 1. The Morgan fingerprint density at radius 1 is 1.56 bits per heavy atom. The molecule has 0 spiro atoms. The first kappa shape index (κ1) is 13.8. The van der Waals surface area contributed by atoms with Crippen molar-refractivity contribution in [2.45, 2.75) is 45.6 Å². The van der Waals surface area contributed by atoms with E-state index >= 15 is 0 Å². The lowest BCUT2D eigenvalue weighted by Crippen LogP contribution is -2.34. The van der Waals surface area contributed by atoms with Gasteiger partial charge in [0.15, 0.2) is 5.78 Å². The van der Waals surface area contributed by atoms with E-state index in [1.54, 1.807) is 11.3 Å². The van der Waals surface area contributed by atoms with Crippen LogP contribution in [0, 0.1) is 5.92 Å². The molecule has 2 rings (SSSR count). The Morgan fingerprint density at radius 2 is 2.39 bits per heavy atom. The Balaban J connectivity index is 1.74. The fraction of sp³-hybridized carbons (Fsp3) is 0.667. The number of hydrogen-bond acceptors (Lipinski definition) is 3. The highest BCUT2D eigenvalue weighted by atomic mass is 32.1. The second kappa shape index (κ2) is 6.48. The van der Waals surface area contributed by atoms with Crippen molar-refractivity contribution in [3.63, 3.8) is 0 Å². The van der Waals surface area contributed by atoms with Gasteiger partial charge in [-0.15, -0.1) is 11.3 Å². The molecule has 0 saturated carbocycles. The van der Waals surface area contributed by atoms with E-state index in [0.717, 1.165) is 29.8 Å². The van der Waals surface area contributed by atoms with E-state index in [1.165, 1.54) is 19.4 Å². The minimum atomic E-state index is 0.310. The summed E-state index contributed by atoms with van der Waals surface area (Å²) in [5, 5.41) is 1.97. The lowest BCUT2D eigenvalue weighted by Gasteiger charge is -2.27. The summed E-state index contributed by atoms with van der Waals surface area (Å²) in [5.41, 5.74) is 0. The largest absolute Gasteiger partial charge is 0.300 e. The molecule has 0 aliphatic carbocycles. The molecule has 0 radical (unpaired) electrons. The Hall–Kier alpha value is -0.670. The van der Waals surface area contributed by atoms with Gasteiger partial charge in [0.25, 0.3) is 0 Å². The zero-order chi connectivity index (χ0) is 13.0. The number of hydrogen-bond donors (Lipinski definition) is 0. The van der Waals surface area contributed by atoms with E-state index in [-0.39, 0.29) is 0 Å². The van der Waals surface area contributed by atoms with Gasteiger partial charge in [-0.2, -0.15) is 0 Å². The van der Waals surface area contributed by atoms with Crippen molar-refractivity contribution in [2.24, 2.45) is 5.92 Å². The maximum absolute atomic E-state index is 11.9. The van der Waals surface area contributed by atoms with E-state index in [0.29, 0.717) is 12.2 Å². The normalized spacial score (nSPS) is 20.7. The third kappa shape index (κ3) is 3.42. The van der Waals surface area contributed by atoms with Crippen molar-refractivity contribution in [1.29, 1.82) is 0 Å². The lowest BCUT2D eigenvalue weighted by molar-refractivity contribution is 0.0975. The Labute approximate surface area is 114 Å². The predicted octanol–water partition coefficient (Wildman–Crippen LogP) is 3.83. The summed E-state index contributed by atoms with van der Waals surface area (Å²) in [5.74, 6) is 1.05. The summed E-state index contributed by atoms with van der Waals surface area (Å²) in [6, 6.07) is 4.62. The van der Waals surface area contributed by atoms with Gasteiger partial charge < -0.3 is 4.90 Å². The molecule has 100 valence electrons. The number of nitrogens with zero attached hydrogens (tertiary/aromatic N) is 1. The third-order valence-corrected chi connectivity index (χ3v) is 4.74. The fourth-order valence-corrected chi connectivity index (χ4v) is 3.58. The summed E-state index contributed by atoms with van der Waals surface area (Å²) >= 11 is 1.56. The van der Waals surface area contributed by atoms with Crippen LogP contribution in [-0.2, 0) is 0 Å². The van der Waals surface area contributed by atoms with Crippen LogP contribution in [-0.4, -0.2) is 29.8 Å². The zero-order valence-corrected chi connectivity index (χ0v) is 12.2. The van der Waals surface area contributed by atoms with E-state index < -0.39 is 0 Å². The molecule has 1 aromatic heterocycles. The molecular formula is C15H23NOS. The van der Waals surface area contributed by atoms with Crippen molar-refractivity contribution >= 4 is 17.1 Å². The van der Waals surface area contributed by atoms with Crippen LogP contribution in [0.1, 0.15) is 49.2 Å². The minimum absolute atomic E-state index is 0.310. The van der Waals surface area contributed by atoms with Gasteiger partial charge in [-0.25, -0.2) is 0 Å². The summed E-state index contributed by atoms with van der Waals surface area (Å²) in [6.07, 6.45) is 4.35. The Morgan fingerprint density at radius 3 is 3.06 bits per heavy atom. The van der Waals surface area contributed by atoms with Crippen molar-refractivity contribution in [3.8, 4) is 0 Å². The molecule has 0 aromatic carbocycles. The number of likely N-dealkylation sites (tertiary alicyclic amines) is 1. The summed E-state index contributed by atoms with van der Waals surface area (Å²) in [6.45, 7) is 6.91. The van der Waals surface area contributed by atoms with Crippen molar-refractivity contribution in [3.05, 3.63) is 22.4 Å². The van der Waals surface area contributed by atoms with Crippen molar-refractivity contribution < 1.29 is 4.79 Å². The highest BCUT2D eigenvalue weighted by Gasteiger charge is 2.26. The van der Waals surface area contributed by atoms with Gasteiger partial charge in [-0.1, -0.05) is 19.9 Å². The molecule has 0 N–H and O–H groups in total. The number of carbonyl (C=O) groups is 1. The van der Waals surface area contributed by atoms with Crippen molar-refractivity contribution in [1.82, 2.24) is 4.90 Å². The first-order chi connectivity index (χ1) is 8.68. The van der Waals surface area contributed by atoms with E-state index in [1.807, 2.05) is 17.5 Å². The molecule has 1 aliphatic rings. The Bertz CT molecular complexity index is 372. The monoisotopic (exact) mass is 265 g/mol. The smallest absolute Gasteiger partial charge is 0.172 e. The van der Waals surface area contributed by atoms with Gasteiger partial charge >= 0.3 is 0 Å². The lowest BCUT2D eigenvalue weighted by atomic mass is 10.0. The van der Waals surface area contributed by atoms with Crippen LogP contribution in [0.15, 0.2) is 17.5 Å². The summed E-state index contributed by atoms with van der Waals surface area (Å²) in [7, 11) is 0. The average Bonchev–Trinajstić information content (AvgIpc) is 2.99. The van der Waals surface area contributed by atoms with Crippen LogP contribution in [0.25, 0.3) is 0 Å². The molecule has 1 fully saturated rings. The van der Waals surface area contributed by atoms with E-state index in [4.69, 9.17) is 0 Å². The molecule has 3 heteroatoms. The number of Topliss-reactive ketones (excluding diaryl/α,β-unsaturated/α-hetero) is 1. The molecular weight excluding hydrogens is 242 g/mol. The molecule has 1 atom stereocenters. The number of ketones is 1. The third-order valence-electron chi connectivity index (χ3n) is 3.83. The maximum atomic E-state index is 11.9. The SMILES string of the molecule is CC(C)C1CCCN1CCCC(=O)c1cccs1. The number of rotatable bonds is 6. The zero-order valence-electron chi connectivity index (χ0n) is 11.4. The topological polar surface area (TPSA) is 20.3 Å². The fourth-order valence-electron chi connectivity index (χ4n) is 2.89. The predicted molar refractivity (Wildman–Crippen MR) is 77.3 cm³/mol. The first-order valence-electron chi connectivity index (χ1n) is 6.99. The van der Waals surface area contributed by atoms with Crippen LogP contribution in [0.5, 0.6) is 0 Å². The highest BCUT2D eigenvalue weighted by molar-refractivity contribution is 7.12. The molecule has 1 aromatic rings. The highest BCUT2D eigenvalue weighted by Crippen LogP contribution is 2.24. The molecule has 1 saturated heterocycles. The van der Waals surface area contributed by atoms with Gasteiger partial charge in [0, 0.05) is 12.5 Å². The molecule has 1 unspecified atom stereocenters. The molecule has 0 bridgehead atoms. The van der Waals surface area contributed by atoms with Gasteiger partial charge in [0.05, 0.1) is 4.88 Å². The summed E-state index contributed by atoms with van der Waals surface area (Å²) in [4.78, 5) is 15.4. The molecule has 2 nitrogen and oxygen atoms in total. The standard InChI is InChI=1S/C15H23NOS/c1-12(2)13-6-3-9-16(13)10-4-7-14(17)15-8-5-11-18-15/h5,8,11-13H,3-4,6-7,9-10H2,1-2H3. The minimum Gasteiger partial charge on any atom is -0.300 e. The first-order valence-corrected chi connectivity index (χ1v) is 7.87. The van der Waals surface area contributed by atoms with Crippen LogP contribution in [0.3, 0.4) is 0 Å². The quantitative estimate of drug-likeness (QED) is 0.729. The van der Waals surface area contributed by atoms with Crippen LogP contribution in [0.4, 0.5) is 0 Å². The average molecular weight is 265 g/mol. The molecule has 0 amide bonds. The second-order valence-corrected chi connectivity index (χ2v) is 6.44. The van der Waals surface area contributed by atoms with Gasteiger partial charge in [0.2, 0.25) is 0 Å². The number of carbonyl (C=O) groups excluding carboxylic acids is 1. The molecule has 18 heavy (non-hydrogen) atoms. The van der Waals surface area contributed by atoms with Crippen LogP contribution >= 0.6 is 11.3 Å². The van der Waals surface area contributed by atoms with Crippen LogP contribution in [0.2, 0.25) is 0 Å². The van der Waals surface area contributed by atoms with Crippen molar-refractivity contribution in [2.75, 3.05) is 13.1 Å². The second-order valence-electron chi connectivity index (χ2n) is 5.49. The van der Waals surface area contributed by atoms with E-state index in [9.17, 15) is 4.79 Å². The summed E-state index contributed by atoms with van der Waals surface area (Å²) < 4.78 is 0. The van der Waals surface area contributed by atoms with E-state index in [2.05, 4.69) is 18.7 Å². The maximum Gasteiger partial charge on any atom is 0.172 e. The van der Waals surface area contributed by atoms with Crippen LogP contribution < -0.4 is 0 Å². The van der Waals surface area contributed by atoms with Gasteiger partial charge in [-0.3, -0.25) is 4.79 Å². The molecule has 1 aliphatic heterocycles. The van der Waals surface area contributed by atoms with Gasteiger partial charge in [0.1, 0.15) is 0 Å². The molecule has 2 heterocycles. The van der Waals surface area contributed by atoms with Gasteiger partial charge in [-0.05, 0) is 49.7 Å². The Kier molecular flexibility index (Phi) is 4.95.